The Balaban J connectivity index is 0.000000222. The number of benzene rings is 2. The van der Waals surface area contributed by atoms with Crippen molar-refractivity contribution in [2.75, 3.05) is 14.2 Å². The van der Waals surface area contributed by atoms with Crippen molar-refractivity contribution in [1.82, 2.24) is 10.6 Å². The molecule has 2 aromatic carbocycles. The fourth-order valence-corrected chi connectivity index (χ4v) is 9.06. The van der Waals surface area contributed by atoms with Gasteiger partial charge in [0.1, 0.15) is 11.5 Å². The molecule has 316 valence electrons. The molecule has 3 N–H and O–H groups in total. The van der Waals surface area contributed by atoms with Crippen LogP contribution in [0.2, 0.25) is 0 Å². The van der Waals surface area contributed by atoms with Gasteiger partial charge in [0.15, 0.2) is 0 Å². The molecular formula is C46H62N2O10. The van der Waals surface area contributed by atoms with Gasteiger partial charge in [-0.25, -0.2) is 0 Å². The number of aryl methyl sites for hydroxylation is 6. The van der Waals surface area contributed by atoms with Crippen LogP contribution in [0.15, 0.2) is 35.8 Å². The van der Waals surface area contributed by atoms with E-state index in [1.807, 2.05) is 13.8 Å². The Morgan fingerprint density at radius 1 is 0.655 bits per heavy atom. The van der Waals surface area contributed by atoms with E-state index >= 15 is 0 Å². The molecule has 0 bridgehead atoms. The van der Waals surface area contributed by atoms with Crippen molar-refractivity contribution >= 4 is 40.9 Å². The zero-order valence-electron chi connectivity index (χ0n) is 36.2. The van der Waals surface area contributed by atoms with Gasteiger partial charge in [-0.15, -0.1) is 0 Å². The Morgan fingerprint density at radius 2 is 1.05 bits per heavy atom. The molecule has 2 aliphatic heterocycles. The van der Waals surface area contributed by atoms with Gasteiger partial charge in [0, 0.05) is 35.0 Å². The first-order chi connectivity index (χ1) is 27.3. The maximum Gasteiger partial charge on any atom is 0.310 e. The summed E-state index contributed by atoms with van der Waals surface area (Å²) >= 11 is 0. The topological polar surface area (TPSA) is 167 Å². The van der Waals surface area contributed by atoms with E-state index in [2.05, 4.69) is 67.3 Å². The molecular weight excluding hydrogens is 741 g/mol. The fraction of sp³-hybridized carbons (Fsp3) is 0.543. The quantitative estimate of drug-likeness (QED) is 0.191. The maximum atomic E-state index is 13.1. The van der Waals surface area contributed by atoms with Gasteiger partial charge in [0.05, 0.1) is 34.4 Å². The molecule has 0 aromatic heterocycles. The number of nitrogens with one attached hydrogen (secondary N) is 2. The Morgan fingerprint density at radius 3 is 1.43 bits per heavy atom. The monoisotopic (exact) mass is 802 g/mol. The number of amides is 2. The van der Waals surface area contributed by atoms with Crippen LogP contribution in [0.1, 0.15) is 130 Å². The van der Waals surface area contributed by atoms with E-state index in [0.717, 1.165) is 90.3 Å². The Bertz CT molecular complexity index is 1970. The van der Waals surface area contributed by atoms with Crippen molar-refractivity contribution in [3.8, 4) is 0 Å². The number of carbonyl (C=O) groups excluding carboxylic acids is 5. The number of carbonyl (C=O) groups is 5. The number of aliphatic hydroxyl groups is 1. The first-order valence-corrected chi connectivity index (χ1v) is 20.3. The van der Waals surface area contributed by atoms with E-state index in [9.17, 15) is 29.1 Å². The molecule has 2 saturated carbocycles. The van der Waals surface area contributed by atoms with Gasteiger partial charge in [-0.05, 0) is 125 Å². The second-order valence-corrected chi connectivity index (χ2v) is 16.0. The van der Waals surface area contributed by atoms with E-state index in [0.29, 0.717) is 29.7 Å². The molecule has 58 heavy (non-hydrogen) atoms. The fourth-order valence-electron chi connectivity index (χ4n) is 9.06. The van der Waals surface area contributed by atoms with Gasteiger partial charge in [-0.3, -0.25) is 24.0 Å². The summed E-state index contributed by atoms with van der Waals surface area (Å²) in [5.74, 6) is -1.09. The molecule has 2 fully saturated rings. The number of hydrogen-bond acceptors (Lipinski definition) is 10. The lowest BCUT2D eigenvalue weighted by atomic mass is 9.78. The highest BCUT2D eigenvalue weighted by Crippen LogP contribution is 2.46. The van der Waals surface area contributed by atoms with E-state index in [1.165, 1.54) is 26.3 Å². The van der Waals surface area contributed by atoms with Gasteiger partial charge in [0.25, 0.3) is 11.8 Å². The number of rotatable bonds is 7. The highest BCUT2D eigenvalue weighted by atomic mass is 16.6. The molecule has 4 aliphatic rings. The van der Waals surface area contributed by atoms with Crippen LogP contribution in [0.3, 0.4) is 0 Å². The van der Waals surface area contributed by atoms with E-state index < -0.39 is 29.0 Å². The second-order valence-electron chi connectivity index (χ2n) is 16.0. The van der Waals surface area contributed by atoms with E-state index in [1.54, 1.807) is 14.2 Å². The van der Waals surface area contributed by atoms with E-state index in [4.69, 9.17) is 14.2 Å². The van der Waals surface area contributed by atoms with Crippen molar-refractivity contribution in [2.45, 2.75) is 150 Å². The minimum Gasteiger partial charge on any atom is -0.509 e. The van der Waals surface area contributed by atoms with Crippen LogP contribution >= 0.6 is 0 Å². The first kappa shape index (κ1) is 45.9. The summed E-state index contributed by atoms with van der Waals surface area (Å²) in [4.78, 5) is 57.4. The number of ether oxygens (including phenoxy) is 4. The van der Waals surface area contributed by atoms with Crippen molar-refractivity contribution in [3.63, 3.8) is 0 Å². The Labute approximate surface area is 343 Å². The van der Waals surface area contributed by atoms with Crippen LogP contribution in [-0.2, 0) is 55.8 Å². The molecule has 6 rings (SSSR count). The van der Waals surface area contributed by atoms with Crippen LogP contribution < -0.4 is 10.6 Å². The summed E-state index contributed by atoms with van der Waals surface area (Å²) < 4.78 is 20.6. The Hall–Kier alpha value is -4.81. The van der Waals surface area contributed by atoms with Crippen LogP contribution in [0.5, 0.6) is 0 Å². The third-order valence-corrected chi connectivity index (χ3v) is 11.7. The molecule has 0 atom stereocenters. The summed E-state index contributed by atoms with van der Waals surface area (Å²) in [5, 5.41) is 17.3. The average molecular weight is 803 g/mol. The number of hydrogen-bond donors (Lipinski definition) is 3. The number of esters is 3. The lowest BCUT2D eigenvalue weighted by Gasteiger charge is -2.37. The summed E-state index contributed by atoms with van der Waals surface area (Å²) in [6.07, 6.45) is 8.23. The predicted octanol–water partition coefficient (Wildman–Crippen LogP) is 7.29. The minimum atomic E-state index is -0.616. The van der Waals surface area contributed by atoms with Crippen LogP contribution in [0.4, 0.5) is 0 Å². The predicted molar refractivity (Wildman–Crippen MR) is 222 cm³/mol. The lowest BCUT2D eigenvalue weighted by molar-refractivity contribution is -0.156. The van der Waals surface area contributed by atoms with Crippen LogP contribution in [0.25, 0.3) is 11.1 Å². The highest BCUT2D eigenvalue weighted by Gasteiger charge is 2.51. The smallest absolute Gasteiger partial charge is 0.310 e. The summed E-state index contributed by atoms with van der Waals surface area (Å²) in [5.41, 5.74) is 8.23. The first-order valence-electron chi connectivity index (χ1n) is 20.3. The van der Waals surface area contributed by atoms with Crippen molar-refractivity contribution < 1.29 is 48.0 Å². The van der Waals surface area contributed by atoms with Crippen molar-refractivity contribution in [3.05, 3.63) is 80.3 Å². The van der Waals surface area contributed by atoms with Gasteiger partial charge >= 0.3 is 17.9 Å². The van der Waals surface area contributed by atoms with Crippen molar-refractivity contribution in [2.24, 2.45) is 0 Å². The standard InChI is InChI=1S/C22H29NO4.C20H27NO3.C4H6O3/c1-6-16-12-13(2)11-14(3)18(16)19-20(27-15(4)24)22(23-21(19)25)9-7-17(26-5)8-10-22;1-5-14-11-12(2)10-13(3)16(14)17-18(22)20(21-19(17)23)8-6-15(24-4)7-9-20;1-3(5)7-4(2)6/h11-12,17H,6-10H2,1-5H3,(H,23,25);10-11,15,22H,5-9H2,1-4H3,(H,21,23);1-2H3. The molecule has 2 aromatic rings. The highest BCUT2D eigenvalue weighted by molar-refractivity contribution is 6.25. The molecule has 2 aliphatic carbocycles. The third kappa shape index (κ3) is 10.1. The molecule has 0 saturated heterocycles. The van der Waals surface area contributed by atoms with Gasteiger partial charge in [0.2, 0.25) is 0 Å². The molecule has 0 radical (unpaired) electrons. The average Bonchev–Trinajstić information content (AvgIpc) is 3.54. The third-order valence-electron chi connectivity index (χ3n) is 11.7. The SMILES string of the molecule is CC(=O)OC(C)=O.CCc1cc(C)cc(C)c1C1=C(O)C2(CCC(OC)CC2)NC1=O.CCc1cc(C)cc(C)c1C1=C(OC(C)=O)C2(CCC(OC)CC2)NC1=O. The summed E-state index contributed by atoms with van der Waals surface area (Å²) in [6.45, 7) is 16.1. The van der Waals surface area contributed by atoms with Gasteiger partial charge in [-0.1, -0.05) is 49.2 Å². The van der Waals surface area contributed by atoms with Crippen LogP contribution in [0, 0.1) is 27.7 Å². The Kier molecular flexibility index (Phi) is 15.3. The largest absolute Gasteiger partial charge is 0.509 e. The molecule has 2 heterocycles. The normalized spacial score (nSPS) is 23.8. The molecule has 12 heteroatoms. The molecule has 12 nitrogen and oxygen atoms in total. The number of aliphatic hydroxyl groups excluding tert-OH is 1. The molecule has 0 unspecified atom stereocenters. The van der Waals surface area contributed by atoms with Crippen LogP contribution in [-0.4, -0.2) is 72.3 Å². The van der Waals surface area contributed by atoms with E-state index in [-0.39, 0.29) is 29.8 Å². The zero-order valence-corrected chi connectivity index (χ0v) is 36.2. The summed E-state index contributed by atoms with van der Waals surface area (Å²) in [6, 6.07) is 8.38. The lowest BCUT2D eigenvalue weighted by Crippen LogP contribution is -2.49. The number of methoxy groups -OCH3 is 2. The maximum absolute atomic E-state index is 13.1. The van der Waals surface area contributed by atoms with Crippen molar-refractivity contribution in [1.29, 1.82) is 0 Å². The second kappa shape index (κ2) is 19.3. The summed E-state index contributed by atoms with van der Waals surface area (Å²) in [7, 11) is 3.44. The molecule has 2 spiro atoms. The zero-order chi connectivity index (χ0) is 43.1. The van der Waals surface area contributed by atoms with Gasteiger partial charge < -0.3 is 34.7 Å². The van der Waals surface area contributed by atoms with Gasteiger partial charge in [-0.2, -0.15) is 0 Å². The molecule has 2 amide bonds. The minimum absolute atomic E-state index is 0.148.